The van der Waals surface area contributed by atoms with Gasteiger partial charge >= 0.3 is 0 Å². The van der Waals surface area contributed by atoms with Crippen molar-refractivity contribution < 1.29 is 19.2 Å². The van der Waals surface area contributed by atoms with Gasteiger partial charge in [0, 0.05) is 17.7 Å². The molecule has 0 aliphatic rings. The van der Waals surface area contributed by atoms with Gasteiger partial charge in [-0.15, -0.1) is 0 Å². The topological polar surface area (TPSA) is 50.4 Å². The summed E-state index contributed by atoms with van der Waals surface area (Å²) in [7, 11) is 0. The maximum Gasteiger partial charge on any atom is 0.171 e. The zero-order valence-corrected chi connectivity index (χ0v) is 7.93. The second kappa shape index (κ2) is 6.23. The molecule has 1 heterocycles. The van der Waals surface area contributed by atoms with Crippen LogP contribution in [0.25, 0.3) is 0 Å². The van der Waals surface area contributed by atoms with Crippen molar-refractivity contribution in [1.82, 2.24) is 0 Å². The first-order chi connectivity index (χ1) is 6.86. The number of aromatic nitrogens is 1. The Bertz CT molecular complexity index is 271. The number of nitrogens with zero attached hydrogens (tertiary/aromatic N) is 1. The molecule has 14 heavy (non-hydrogen) atoms. The molecular formula is C10H14NO3+. The molecule has 0 atom stereocenters. The number of rotatable bonds is 6. The molecule has 76 valence electrons. The minimum atomic E-state index is 0.0503. The lowest BCUT2D eigenvalue weighted by atomic mass is 10.3. The molecule has 0 bridgehead atoms. The Morgan fingerprint density at radius 1 is 1.36 bits per heavy atom. The maximum absolute atomic E-state index is 10.4. The summed E-state index contributed by atoms with van der Waals surface area (Å²) in [6, 6.07) is 3.50. The second-order valence-corrected chi connectivity index (χ2v) is 2.82. The van der Waals surface area contributed by atoms with E-state index in [2.05, 4.69) is 0 Å². The van der Waals surface area contributed by atoms with Gasteiger partial charge in [0.2, 0.25) is 0 Å². The van der Waals surface area contributed by atoms with E-state index in [0.29, 0.717) is 18.8 Å². The number of aliphatic hydroxyl groups is 1. The molecule has 1 N–H and O–H groups in total. The minimum Gasteiger partial charge on any atom is -0.394 e. The van der Waals surface area contributed by atoms with E-state index < -0.39 is 0 Å². The molecule has 0 amide bonds. The van der Waals surface area contributed by atoms with E-state index in [1.54, 1.807) is 12.1 Å². The predicted molar refractivity (Wildman–Crippen MR) is 49.9 cm³/mol. The number of carbonyl (C=O) groups is 1. The number of hydrogen-bond acceptors (Lipinski definition) is 3. The standard InChI is InChI=1S/C10H14NO3/c12-6-8-14-7-5-11-3-1-10(9-13)2-4-11/h1-4,9,12H,5-8H2/q+1. The van der Waals surface area contributed by atoms with E-state index >= 15 is 0 Å². The third kappa shape index (κ3) is 3.64. The van der Waals surface area contributed by atoms with Crippen LogP contribution in [0.15, 0.2) is 24.5 Å². The lowest BCUT2D eigenvalue weighted by Crippen LogP contribution is -2.35. The van der Waals surface area contributed by atoms with Gasteiger partial charge in [0.1, 0.15) is 6.61 Å². The van der Waals surface area contributed by atoms with E-state index in [4.69, 9.17) is 9.84 Å². The van der Waals surface area contributed by atoms with Crippen LogP contribution in [-0.4, -0.2) is 31.2 Å². The first-order valence-electron chi connectivity index (χ1n) is 4.49. The molecular weight excluding hydrogens is 182 g/mol. The Morgan fingerprint density at radius 3 is 2.64 bits per heavy atom. The molecule has 4 nitrogen and oxygen atoms in total. The van der Waals surface area contributed by atoms with Crippen molar-refractivity contribution in [3.05, 3.63) is 30.1 Å². The van der Waals surface area contributed by atoms with Gasteiger partial charge in [-0.1, -0.05) is 0 Å². The Balaban J connectivity index is 2.32. The smallest absolute Gasteiger partial charge is 0.171 e. The third-order valence-electron chi connectivity index (χ3n) is 1.78. The van der Waals surface area contributed by atoms with Gasteiger partial charge in [-0.05, 0) is 0 Å². The summed E-state index contributed by atoms with van der Waals surface area (Å²) < 4.78 is 7.02. The molecule has 0 aliphatic carbocycles. The first kappa shape index (κ1) is 10.8. The molecule has 1 rings (SSSR count). The largest absolute Gasteiger partial charge is 0.394 e. The predicted octanol–water partition coefficient (Wildman–Crippen LogP) is -0.205. The molecule has 4 heteroatoms. The lowest BCUT2D eigenvalue weighted by Gasteiger charge is -1.98. The molecule has 0 fully saturated rings. The van der Waals surface area contributed by atoms with Crippen LogP contribution in [0, 0.1) is 0 Å². The second-order valence-electron chi connectivity index (χ2n) is 2.82. The van der Waals surface area contributed by atoms with Crippen molar-refractivity contribution in [2.45, 2.75) is 6.54 Å². The number of ether oxygens (including phenoxy) is 1. The summed E-state index contributed by atoms with van der Waals surface area (Å²) in [5.74, 6) is 0. The molecule has 1 aromatic heterocycles. The minimum absolute atomic E-state index is 0.0503. The highest BCUT2D eigenvalue weighted by Crippen LogP contribution is 1.88. The molecule has 0 unspecified atom stereocenters. The van der Waals surface area contributed by atoms with Crippen LogP contribution in [-0.2, 0) is 11.3 Å². The highest BCUT2D eigenvalue weighted by molar-refractivity contribution is 5.73. The number of aldehydes is 1. The van der Waals surface area contributed by atoms with Crippen molar-refractivity contribution in [3.8, 4) is 0 Å². The molecule has 0 spiro atoms. The normalized spacial score (nSPS) is 10.1. The molecule has 0 aromatic carbocycles. The van der Waals surface area contributed by atoms with Crippen molar-refractivity contribution in [2.75, 3.05) is 19.8 Å². The molecule has 0 aliphatic heterocycles. The molecule has 1 aromatic rings. The first-order valence-corrected chi connectivity index (χ1v) is 4.49. The Hall–Kier alpha value is -1.26. The van der Waals surface area contributed by atoms with Crippen molar-refractivity contribution in [3.63, 3.8) is 0 Å². The van der Waals surface area contributed by atoms with Gasteiger partial charge in [0.05, 0.1) is 13.2 Å². The summed E-state index contributed by atoms with van der Waals surface area (Å²) in [5, 5.41) is 8.46. The van der Waals surface area contributed by atoms with Crippen LogP contribution in [0.4, 0.5) is 0 Å². The zero-order chi connectivity index (χ0) is 10.2. The fourth-order valence-electron chi connectivity index (χ4n) is 1.03. The summed E-state index contributed by atoms with van der Waals surface area (Å²) in [6.45, 7) is 1.70. The average Bonchev–Trinajstić information content (AvgIpc) is 2.25. The molecule has 0 saturated carbocycles. The monoisotopic (exact) mass is 196 g/mol. The SMILES string of the molecule is O=Cc1cc[n+](CCOCCO)cc1. The average molecular weight is 196 g/mol. The van der Waals surface area contributed by atoms with Gasteiger partial charge in [-0.3, -0.25) is 4.79 Å². The maximum atomic E-state index is 10.4. The van der Waals surface area contributed by atoms with Gasteiger partial charge in [0.25, 0.3) is 0 Å². The summed E-state index contributed by atoms with van der Waals surface area (Å²) in [6.07, 6.45) is 4.46. The molecule has 0 radical (unpaired) electrons. The van der Waals surface area contributed by atoms with Crippen LogP contribution in [0.1, 0.15) is 10.4 Å². The highest BCUT2D eigenvalue weighted by atomic mass is 16.5. The van der Waals surface area contributed by atoms with Crippen LogP contribution in [0.5, 0.6) is 0 Å². The van der Waals surface area contributed by atoms with Crippen molar-refractivity contribution in [1.29, 1.82) is 0 Å². The summed E-state index contributed by atoms with van der Waals surface area (Å²) >= 11 is 0. The van der Waals surface area contributed by atoms with Crippen LogP contribution < -0.4 is 4.57 Å². The third-order valence-corrected chi connectivity index (χ3v) is 1.78. The zero-order valence-electron chi connectivity index (χ0n) is 7.93. The number of hydrogen-bond donors (Lipinski definition) is 1. The van der Waals surface area contributed by atoms with Gasteiger partial charge in [0.15, 0.2) is 25.2 Å². The lowest BCUT2D eigenvalue weighted by molar-refractivity contribution is -0.698. The van der Waals surface area contributed by atoms with Gasteiger partial charge < -0.3 is 9.84 Å². The highest BCUT2D eigenvalue weighted by Gasteiger charge is 1.99. The number of carbonyl (C=O) groups excluding carboxylic acids is 1. The fraction of sp³-hybridized carbons (Fsp3) is 0.400. The van der Waals surface area contributed by atoms with Gasteiger partial charge in [-0.2, -0.15) is 0 Å². The summed E-state index contributed by atoms with van der Waals surface area (Å²) in [4.78, 5) is 10.4. The Kier molecular flexibility index (Phi) is 4.82. The van der Waals surface area contributed by atoms with Crippen LogP contribution >= 0.6 is 0 Å². The van der Waals surface area contributed by atoms with Crippen LogP contribution in [0.3, 0.4) is 0 Å². The van der Waals surface area contributed by atoms with E-state index in [9.17, 15) is 4.79 Å². The summed E-state index contributed by atoms with van der Waals surface area (Å²) in [5.41, 5.74) is 0.664. The Morgan fingerprint density at radius 2 is 2.07 bits per heavy atom. The fourth-order valence-corrected chi connectivity index (χ4v) is 1.03. The van der Waals surface area contributed by atoms with Crippen molar-refractivity contribution in [2.24, 2.45) is 0 Å². The van der Waals surface area contributed by atoms with Crippen molar-refractivity contribution >= 4 is 6.29 Å². The Labute approximate surface area is 82.8 Å². The number of aliphatic hydroxyl groups excluding tert-OH is 1. The molecule has 0 saturated heterocycles. The van der Waals surface area contributed by atoms with E-state index in [-0.39, 0.29) is 6.61 Å². The van der Waals surface area contributed by atoms with Gasteiger partial charge in [-0.25, -0.2) is 4.57 Å². The number of pyridine rings is 1. The van der Waals surface area contributed by atoms with Crippen LogP contribution in [0.2, 0.25) is 0 Å². The van der Waals surface area contributed by atoms with E-state index in [1.807, 2.05) is 17.0 Å². The van der Waals surface area contributed by atoms with E-state index in [0.717, 1.165) is 12.8 Å². The van der Waals surface area contributed by atoms with E-state index in [1.165, 1.54) is 0 Å². The quantitative estimate of drug-likeness (QED) is 0.389.